The number of benzene rings is 1. The number of amides is 3. The lowest BCUT2D eigenvalue weighted by atomic mass is 9.87. The Labute approximate surface area is 160 Å². The average Bonchev–Trinajstić information content (AvgIpc) is 3.17. The fraction of sp³-hybridized carbons (Fsp3) is 0.571. The van der Waals surface area contributed by atoms with Crippen molar-refractivity contribution in [1.29, 1.82) is 0 Å². The van der Waals surface area contributed by atoms with Crippen molar-refractivity contribution in [2.45, 2.75) is 70.4 Å². The topological polar surface area (TPSA) is 87.3 Å². The maximum Gasteiger partial charge on any atom is 0.313 e. The molecule has 6 heteroatoms. The van der Waals surface area contributed by atoms with E-state index in [2.05, 4.69) is 22.9 Å². The summed E-state index contributed by atoms with van der Waals surface area (Å²) >= 11 is 0. The number of hydrogen-bond acceptors (Lipinski definition) is 3. The molecule has 0 bridgehead atoms. The fourth-order valence-electron chi connectivity index (χ4n) is 3.96. The Hall–Kier alpha value is -2.37. The number of para-hydroxylation sites is 1. The monoisotopic (exact) mass is 371 g/mol. The Morgan fingerprint density at radius 1 is 0.815 bits per heavy atom. The van der Waals surface area contributed by atoms with E-state index < -0.39 is 11.8 Å². The van der Waals surface area contributed by atoms with Gasteiger partial charge >= 0.3 is 11.8 Å². The minimum atomic E-state index is -0.727. The third-order valence-electron chi connectivity index (χ3n) is 5.67. The van der Waals surface area contributed by atoms with Crippen LogP contribution >= 0.6 is 0 Å². The molecule has 1 aromatic carbocycles. The molecule has 0 aliphatic heterocycles. The van der Waals surface area contributed by atoms with E-state index in [9.17, 15) is 14.4 Å². The van der Waals surface area contributed by atoms with Crippen molar-refractivity contribution >= 4 is 23.4 Å². The van der Waals surface area contributed by atoms with E-state index in [1.165, 1.54) is 0 Å². The molecule has 2 aliphatic rings. The van der Waals surface area contributed by atoms with Crippen LogP contribution in [-0.4, -0.2) is 29.8 Å². The molecule has 2 aliphatic carbocycles. The summed E-state index contributed by atoms with van der Waals surface area (Å²) in [6.45, 7) is 2.21. The molecule has 2 saturated carbocycles. The van der Waals surface area contributed by atoms with Crippen LogP contribution in [0.15, 0.2) is 24.3 Å². The van der Waals surface area contributed by atoms with Crippen LogP contribution in [0.25, 0.3) is 0 Å². The van der Waals surface area contributed by atoms with Crippen LogP contribution in [-0.2, 0) is 9.59 Å². The fourth-order valence-corrected chi connectivity index (χ4v) is 3.96. The van der Waals surface area contributed by atoms with Crippen molar-refractivity contribution in [3.63, 3.8) is 0 Å². The molecule has 2 fully saturated rings. The third-order valence-corrected chi connectivity index (χ3v) is 5.67. The summed E-state index contributed by atoms with van der Waals surface area (Å²) < 4.78 is 0. The van der Waals surface area contributed by atoms with Gasteiger partial charge in [0.2, 0.25) is 0 Å². The van der Waals surface area contributed by atoms with E-state index in [4.69, 9.17) is 0 Å². The largest absolute Gasteiger partial charge is 0.349 e. The van der Waals surface area contributed by atoms with Gasteiger partial charge in [-0.2, -0.15) is 0 Å². The second-order valence-electron chi connectivity index (χ2n) is 7.88. The standard InChI is InChI=1S/C21H29N3O3/c1-14-10-12-16(13-11-14)23-20(26)21(27)24-18-9-5-4-8-17(18)19(25)22-15-6-2-3-7-15/h4-5,8-9,14-16H,2-3,6-7,10-13H2,1H3,(H,22,25)(H,23,26)(H,24,27). The number of rotatable bonds is 4. The second kappa shape index (κ2) is 9.02. The predicted molar refractivity (Wildman–Crippen MR) is 104 cm³/mol. The van der Waals surface area contributed by atoms with E-state index in [0.29, 0.717) is 17.2 Å². The highest BCUT2D eigenvalue weighted by Crippen LogP contribution is 2.23. The van der Waals surface area contributed by atoms with Gasteiger partial charge in [0.05, 0.1) is 11.3 Å². The molecule has 1 aromatic rings. The molecular weight excluding hydrogens is 342 g/mol. The molecule has 0 atom stereocenters. The van der Waals surface area contributed by atoms with Crippen molar-refractivity contribution in [2.75, 3.05) is 5.32 Å². The van der Waals surface area contributed by atoms with Crippen molar-refractivity contribution in [3.05, 3.63) is 29.8 Å². The summed E-state index contributed by atoms with van der Waals surface area (Å²) in [5, 5.41) is 8.44. The second-order valence-corrected chi connectivity index (χ2v) is 7.88. The quantitative estimate of drug-likeness (QED) is 0.711. The zero-order valence-corrected chi connectivity index (χ0v) is 15.9. The minimum absolute atomic E-state index is 0.0559. The molecule has 3 amide bonds. The van der Waals surface area contributed by atoms with E-state index in [1.807, 2.05) is 0 Å². The number of hydrogen-bond donors (Lipinski definition) is 3. The van der Waals surface area contributed by atoms with Gasteiger partial charge in [-0.25, -0.2) is 0 Å². The molecule has 0 saturated heterocycles. The Balaban J connectivity index is 1.58. The van der Waals surface area contributed by atoms with E-state index in [0.717, 1.165) is 51.4 Å². The highest BCUT2D eigenvalue weighted by molar-refractivity contribution is 6.40. The smallest absolute Gasteiger partial charge is 0.313 e. The Kier molecular flexibility index (Phi) is 6.48. The van der Waals surface area contributed by atoms with Gasteiger partial charge in [-0.15, -0.1) is 0 Å². The van der Waals surface area contributed by atoms with Gasteiger partial charge < -0.3 is 16.0 Å². The third kappa shape index (κ3) is 5.31. The molecule has 0 radical (unpaired) electrons. The van der Waals surface area contributed by atoms with Crippen LogP contribution in [0.5, 0.6) is 0 Å². The summed E-state index contributed by atoms with van der Waals surface area (Å²) in [4.78, 5) is 37.1. The van der Waals surface area contributed by atoms with Gasteiger partial charge in [0, 0.05) is 12.1 Å². The Bertz CT molecular complexity index is 690. The van der Waals surface area contributed by atoms with Crippen molar-refractivity contribution in [2.24, 2.45) is 5.92 Å². The number of carbonyl (C=O) groups is 3. The first-order valence-corrected chi connectivity index (χ1v) is 10.0. The lowest BCUT2D eigenvalue weighted by Crippen LogP contribution is -2.43. The highest BCUT2D eigenvalue weighted by atomic mass is 16.2. The van der Waals surface area contributed by atoms with Gasteiger partial charge in [0.25, 0.3) is 5.91 Å². The molecule has 0 spiro atoms. The number of carbonyl (C=O) groups excluding carboxylic acids is 3. The van der Waals surface area contributed by atoms with Crippen LogP contribution in [0.4, 0.5) is 5.69 Å². The summed E-state index contributed by atoms with van der Waals surface area (Å²) in [7, 11) is 0. The maximum absolute atomic E-state index is 12.6. The molecule has 0 heterocycles. The summed E-state index contributed by atoms with van der Waals surface area (Å²) in [5.41, 5.74) is 0.752. The summed E-state index contributed by atoms with van der Waals surface area (Å²) in [5.74, 6) is -0.896. The normalized spacial score (nSPS) is 22.9. The summed E-state index contributed by atoms with van der Waals surface area (Å²) in [6, 6.07) is 7.06. The first-order valence-electron chi connectivity index (χ1n) is 10.0. The van der Waals surface area contributed by atoms with Crippen LogP contribution in [0, 0.1) is 5.92 Å². The molecule has 6 nitrogen and oxygen atoms in total. The van der Waals surface area contributed by atoms with E-state index >= 15 is 0 Å². The summed E-state index contributed by atoms with van der Waals surface area (Å²) in [6.07, 6.45) is 8.17. The first-order chi connectivity index (χ1) is 13.0. The molecule has 0 aromatic heterocycles. The van der Waals surface area contributed by atoms with Crippen LogP contribution in [0.1, 0.15) is 68.6 Å². The Morgan fingerprint density at radius 2 is 1.44 bits per heavy atom. The number of anilines is 1. The maximum atomic E-state index is 12.6. The molecule has 0 unspecified atom stereocenters. The van der Waals surface area contributed by atoms with Gasteiger partial charge in [0.15, 0.2) is 0 Å². The van der Waals surface area contributed by atoms with Crippen molar-refractivity contribution in [3.8, 4) is 0 Å². The number of nitrogens with one attached hydrogen (secondary N) is 3. The van der Waals surface area contributed by atoms with Crippen LogP contribution in [0.3, 0.4) is 0 Å². The molecule has 3 rings (SSSR count). The van der Waals surface area contributed by atoms with Gasteiger partial charge in [-0.05, 0) is 56.6 Å². The molecule has 27 heavy (non-hydrogen) atoms. The molecule has 146 valence electrons. The van der Waals surface area contributed by atoms with Crippen molar-refractivity contribution < 1.29 is 14.4 Å². The SMILES string of the molecule is CC1CCC(NC(=O)C(=O)Nc2ccccc2C(=O)NC2CCCC2)CC1. The predicted octanol–water partition coefficient (Wildman–Crippen LogP) is 2.99. The lowest BCUT2D eigenvalue weighted by molar-refractivity contribution is -0.136. The molecular formula is C21H29N3O3. The van der Waals surface area contributed by atoms with Crippen molar-refractivity contribution in [1.82, 2.24) is 10.6 Å². The average molecular weight is 371 g/mol. The van der Waals surface area contributed by atoms with Gasteiger partial charge in [-0.3, -0.25) is 14.4 Å². The zero-order valence-electron chi connectivity index (χ0n) is 15.9. The minimum Gasteiger partial charge on any atom is -0.349 e. The zero-order chi connectivity index (χ0) is 19.2. The first kappa shape index (κ1) is 19.4. The van der Waals surface area contributed by atoms with E-state index in [1.54, 1.807) is 24.3 Å². The van der Waals surface area contributed by atoms with Gasteiger partial charge in [-0.1, -0.05) is 31.9 Å². The Morgan fingerprint density at radius 3 is 2.15 bits per heavy atom. The highest BCUT2D eigenvalue weighted by Gasteiger charge is 2.24. The lowest BCUT2D eigenvalue weighted by Gasteiger charge is -2.26. The van der Waals surface area contributed by atoms with Gasteiger partial charge in [0.1, 0.15) is 0 Å². The molecule has 3 N–H and O–H groups in total. The van der Waals surface area contributed by atoms with Crippen LogP contribution in [0.2, 0.25) is 0 Å². The van der Waals surface area contributed by atoms with Crippen LogP contribution < -0.4 is 16.0 Å². The van der Waals surface area contributed by atoms with E-state index in [-0.39, 0.29) is 18.0 Å².